The fourth-order valence-electron chi connectivity index (χ4n) is 2.35. The van der Waals surface area contributed by atoms with Crippen LogP contribution in [-0.4, -0.2) is 33.1 Å². The predicted molar refractivity (Wildman–Crippen MR) is 87.3 cm³/mol. The summed E-state index contributed by atoms with van der Waals surface area (Å²) in [5, 5.41) is 9.93. The van der Waals surface area contributed by atoms with Gasteiger partial charge in [0.25, 0.3) is 0 Å². The number of rotatable bonds is 8. The van der Waals surface area contributed by atoms with Crippen LogP contribution in [0.5, 0.6) is 5.75 Å². The van der Waals surface area contributed by atoms with Crippen LogP contribution in [0.25, 0.3) is 0 Å². The quantitative estimate of drug-likeness (QED) is 0.731. The van der Waals surface area contributed by atoms with Gasteiger partial charge in [0.2, 0.25) is 0 Å². The van der Waals surface area contributed by atoms with Crippen LogP contribution in [0.2, 0.25) is 0 Å². The summed E-state index contributed by atoms with van der Waals surface area (Å²) in [4.78, 5) is 11.0. The summed E-state index contributed by atoms with van der Waals surface area (Å²) in [7, 11) is 0. The van der Waals surface area contributed by atoms with E-state index in [4.69, 9.17) is 5.73 Å². The van der Waals surface area contributed by atoms with Crippen LogP contribution < -0.4 is 5.73 Å². The number of aryl methyl sites for hydroxylation is 1. The van der Waals surface area contributed by atoms with Crippen molar-refractivity contribution in [3.8, 4) is 5.75 Å². The van der Waals surface area contributed by atoms with Crippen molar-refractivity contribution in [2.45, 2.75) is 32.9 Å². The van der Waals surface area contributed by atoms with Crippen LogP contribution in [0.15, 0.2) is 36.7 Å². The lowest BCUT2D eigenvalue weighted by atomic mass is 10.2. The number of unbranched alkanes of at least 4 members (excludes halogenated alkanes) is 1. The molecule has 0 fully saturated rings. The molecular weight excluding hydrogens is 276 g/mol. The molecule has 2 aromatic rings. The van der Waals surface area contributed by atoms with E-state index in [0.29, 0.717) is 18.8 Å². The summed E-state index contributed by atoms with van der Waals surface area (Å²) in [6, 6.07) is 7.42. The van der Waals surface area contributed by atoms with E-state index in [2.05, 4.69) is 27.9 Å². The molecule has 0 atom stereocenters. The summed E-state index contributed by atoms with van der Waals surface area (Å²) in [5.41, 5.74) is 8.52. The topological polar surface area (TPSA) is 75.3 Å². The first-order valence-corrected chi connectivity index (χ1v) is 7.66. The molecule has 0 saturated carbocycles. The third kappa shape index (κ3) is 4.79. The number of hydrogen-bond acceptors (Lipinski definition) is 5. The van der Waals surface area contributed by atoms with Crippen molar-refractivity contribution in [1.29, 1.82) is 0 Å². The SMILES string of the molecule is Cc1cccnc1CN(CCCCN)Cc1ncccc1O. The van der Waals surface area contributed by atoms with E-state index >= 15 is 0 Å². The van der Waals surface area contributed by atoms with Gasteiger partial charge in [-0.05, 0) is 56.6 Å². The number of aromatic hydroxyl groups is 1. The number of nitrogens with two attached hydrogens (primary N) is 1. The van der Waals surface area contributed by atoms with Crippen LogP contribution in [0, 0.1) is 6.92 Å². The molecule has 0 bridgehead atoms. The van der Waals surface area contributed by atoms with Gasteiger partial charge in [-0.25, -0.2) is 0 Å². The normalized spacial score (nSPS) is 11.0. The van der Waals surface area contributed by atoms with Crippen molar-refractivity contribution >= 4 is 0 Å². The molecule has 0 aliphatic rings. The van der Waals surface area contributed by atoms with Gasteiger partial charge >= 0.3 is 0 Å². The Kier molecular flexibility index (Phi) is 6.30. The summed E-state index contributed by atoms with van der Waals surface area (Å²) in [6.45, 7) is 5.02. The molecule has 2 aromatic heterocycles. The molecule has 22 heavy (non-hydrogen) atoms. The second-order valence-corrected chi connectivity index (χ2v) is 5.44. The predicted octanol–water partition coefficient (Wildman–Crippen LogP) is 2.23. The van der Waals surface area contributed by atoms with E-state index in [9.17, 15) is 5.11 Å². The Morgan fingerprint density at radius 2 is 1.73 bits per heavy atom. The van der Waals surface area contributed by atoms with Gasteiger partial charge < -0.3 is 10.8 Å². The van der Waals surface area contributed by atoms with Crippen molar-refractivity contribution in [2.75, 3.05) is 13.1 Å². The van der Waals surface area contributed by atoms with Gasteiger partial charge in [0, 0.05) is 25.5 Å². The second-order valence-electron chi connectivity index (χ2n) is 5.44. The molecule has 118 valence electrons. The minimum Gasteiger partial charge on any atom is -0.506 e. The molecule has 2 heterocycles. The molecule has 0 aliphatic heterocycles. The zero-order valence-electron chi connectivity index (χ0n) is 13.1. The summed E-state index contributed by atoms with van der Waals surface area (Å²) >= 11 is 0. The van der Waals surface area contributed by atoms with Crippen LogP contribution in [0.3, 0.4) is 0 Å². The number of hydrogen-bond donors (Lipinski definition) is 2. The van der Waals surface area contributed by atoms with Gasteiger partial charge in [-0.3, -0.25) is 14.9 Å². The largest absolute Gasteiger partial charge is 0.506 e. The third-order valence-electron chi connectivity index (χ3n) is 3.66. The Morgan fingerprint density at radius 1 is 1.05 bits per heavy atom. The minimum absolute atomic E-state index is 0.240. The van der Waals surface area contributed by atoms with E-state index in [0.717, 1.165) is 31.6 Å². The molecule has 5 nitrogen and oxygen atoms in total. The maximum Gasteiger partial charge on any atom is 0.138 e. The highest BCUT2D eigenvalue weighted by molar-refractivity contribution is 5.25. The standard InChI is InChI=1S/C17H24N4O/c1-14-6-4-9-19-15(14)12-21(11-3-2-8-18)13-16-17(22)7-5-10-20-16/h4-7,9-10,22H,2-3,8,11-13,18H2,1H3. The minimum atomic E-state index is 0.240. The van der Waals surface area contributed by atoms with Crippen molar-refractivity contribution in [3.05, 3.63) is 53.6 Å². The molecule has 0 saturated heterocycles. The van der Waals surface area contributed by atoms with Gasteiger partial charge in [0.05, 0.1) is 11.4 Å². The Balaban J connectivity index is 2.09. The molecular formula is C17H24N4O. The first kappa shape index (κ1) is 16.4. The third-order valence-corrected chi connectivity index (χ3v) is 3.66. The molecule has 0 aromatic carbocycles. The van der Waals surface area contributed by atoms with Crippen molar-refractivity contribution in [2.24, 2.45) is 5.73 Å². The lowest BCUT2D eigenvalue weighted by molar-refractivity contribution is 0.242. The van der Waals surface area contributed by atoms with Gasteiger partial charge in [-0.2, -0.15) is 0 Å². The van der Waals surface area contributed by atoms with E-state index in [1.807, 2.05) is 12.3 Å². The maximum atomic E-state index is 9.93. The highest BCUT2D eigenvalue weighted by Crippen LogP contribution is 2.17. The highest BCUT2D eigenvalue weighted by Gasteiger charge is 2.12. The molecule has 3 N–H and O–H groups in total. The smallest absolute Gasteiger partial charge is 0.138 e. The summed E-state index contributed by atoms with van der Waals surface area (Å²) in [6.07, 6.45) is 5.54. The van der Waals surface area contributed by atoms with E-state index in [1.165, 1.54) is 5.56 Å². The molecule has 0 aliphatic carbocycles. The van der Waals surface area contributed by atoms with E-state index in [-0.39, 0.29) is 5.75 Å². The number of nitrogens with zero attached hydrogens (tertiary/aromatic N) is 3. The first-order valence-electron chi connectivity index (χ1n) is 7.66. The summed E-state index contributed by atoms with van der Waals surface area (Å²) < 4.78 is 0. The van der Waals surface area contributed by atoms with Crippen LogP contribution in [-0.2, 0) is 13.1 Å². The van der Waals surface area contributed by atoms with Crippen molar-refractivity contribution in [3.63, 3.8) is 0 Å². The highest BCUT2D eigenvalue weighted by atomic mass is 16.3. The Hall–Kier alpha value is -1.98. The molecule has 0 amide bonds. The molecule has 0 radical (unpaired) electrons. The van der Waals surface area contributed by atoms with Crippen LogP contribution in [0.4, 0.5) is 0 Å². The summed E-state index contributed by atoms with van der Waals surface area (Å²) in [5.74, 6) is 0.240. The van der Waals surface area contributed by atoms with Crippen LogP contribution in [0.1, 0.15) is 29.8 Å². The Bertz CT molecular complexity index is 541. The fourth-order valence-corrected chi connectivity index (χ4v) is 2.35. The van der Waals surface area contributed by atoms with E-state index in [1.54, 1.807) is 18.3 Å². The molecule has 0 unspecified atom stereocenters. The maximum absolute atomic E-state index is 9.93. The van der Waals surface area contributed by atoms with Crippen molar-refractivity contribution < 1.29 is 5.11 Å². The number of aromatic nitrogens is 2. The second kappa shape index (κ2) is 8.46. The zero-order valence-corrected chi connectivity index (χ0v) is 13.1. The number of pyridine rings is 2. The average Bonchev–Trinajstić information content (AvgIpc) is 2.52. The Morgan fingerprint density at radius 3 is 2.41 bits per heavy atom. The lowest BCUT2D eigenvalue weighted by Gasteiger charge is -2.22. The van der Waals surface area contributed by atoms with E-state index < -0.39 is 0 Å². The first-order chi connectivity index (χ1) is 10.7. The van der Waals surface area contributed by atoms with Gasteiger partial charge in [0.15, 0.2) is 0 Å². The molecule has 2 rings (SSSR count). The molecule has 5 heteroatoms. The monoisotopic (exact) mass is 300 g/mol. The van der Waals surface area contributed by atoms with Gasteiger partial charge in [-0.15, -0.1) is 0 Å². The van der Waals surface area contributed by atoms with Gasteiger partial charge in [0.1, 0.15) is 5.75 Å². The van der Waals surface area contributed by atoms with Crippen LogP contribution >= 0.6 is 0 Å². The molecule has 0 spiro atoms. The lowest BCUT2D eigenvalue weighted by Crippen LogP contribution is -2.26. The fraction of sp³-hybridized carbons (Fsp3) is 0.412. The zero-order chi connectivity index (χ0) is 15.8. The van der Waals surface area contributed by atoms with Gasteiger partial charge in [-0.1, -0.05) is 6.07 Å². The average molecular weight is 300 g/mol. The van der Waals surface area contributed by atoms with Crippen molar-refractivity contribution in [1.82, 2.24) is 14.9 Å². The Labute approximate surface area is 131 Å².